The molecule has 0 unspecified atom stereocenters. The molecular weight excluding hydrogens is 388 g/mol. The molecule has 29 heavy (non-hydrogen) atoms. The van der Waals surface area contributed by atoms with E-state index in [0.29, 0.717) is 17.3 Å². The van der Waals surface area contributed by atoms with Gasteiger partial charge in [-0.2, -0.15) is 0 Å². The van der Waals surface area contributed by atoms with Crippen LogP contribution in [0.25, 0.3) is 6.08 Å². The average Bonchev–Trinajstić information content (AvgIpc) is 3.25. The van der Waals surface area contributed by atoms with Crippen LogP contribution in [0.3, 0.4) is 0 Å². The van der Waals surface area contributed by atoms with Crippen molar-refractivity contribution in [2.75, 3.05) is 18.1 Å². The smallest absolute Gasteiger partial charge is 0.251 e. The topological polar surface area (TPSA) is 58.6 Å². The van der Waals surface area contributed by atoms with E-state index in [9.17, 15) is 9.59 Å². The van der Waals surface area contributed by atoms with Crippen LogP contribution in [0, 0.1) is 0 Å². The monoisotopic (exact) mass is 410 g/mol. The predicted octanol–water partition coefficient (Wildman–Crippen LogP) is 3.82. The fourth-order valence-corrected chi connectivity index (χ4v) is 3.96. The molecule has 2 heterocycles. The number of rotatable bonds is 6. The first-order valence-electron chi connectivity index (χ1n) is 9.81. The van der Waals surface area contributed by atoms with E-state index in [4.69, 9.17) is 16.3 Å². The fourth-order valence-electron chi connectivity index (χ4n) is 3.84. The van der Waals surface area contributed by atoms with E-state index < -0.39 is 5.54 Å². The summed E-state index contributed by atoms with van der Waals surface area (Å²) in [6, 6.07) is 16.7. The zero-order valence-corrected chi connectivity index (χ0v) is 16.8. The molecule has 6 heteroatoms. The number of benzene rings is 2. The lowest BCUT2D eigenvalue weighted by Gasteiger charge is -2.48. The van der Waals surface area contributed by atoms with Gasteiger partial charge in [-0.25, -0.2) is 0 Å². The van der Waals surface area contributed by atoms with E-state index in [2.05, 4.69) is 5.32 Å². The Balaban J connectivity index is 1.62. The summed E-state index contributed by atoms with van der Waals surface area (Å²) in [6.45, 7) is 1.18. The quantitative estimate of drug-likeness (QED) is 0.736. The molecule has 2 atom stereocenters. The van der Waals surface area contributed by atoms with Gasteiger partial charge in [-0.3, -0.25) is 14.5 Å². The molecule has 2 aromatic rings. The second kappa shape index (κ2) is 8.39. The van der Waals surface area contributed by atoms with Crippen LogP contribution in [0.2, 0.25) is 5.02 Å². The van der Waals surface area contributed by atoms with Gasteiger partial charge < -0.3 is 10.1 Å². The first-order chi connectivity index (χ1) is 14.1. The van der Waals surface area contributed by atoms with E-state index in [1.807, 2.05) is 42.5 Å². The number of anilines is 1. The van der Waals surface area contributed by atoms with Crippen LogP contribution in [0.4, 0.5) is 5.69 Å². The van der Waals surface area contributed by atoms with Crippen LogP contribution >= 0.6 is 11.6 Å². The van der Waals surface area contributed by atoms with Gasteiger partial charge in [0, 0.05) is 23.9 Å². The summed E-state index contributed by atoms with van der Waals surface area (Å²) in [5.41, 5.74) is 0.546. The minimum absolute atomic E-state index is 0.0360. The van der Waals surface area contributed by atoms with E-state index >= 15 is 0 Å². The van der Waals surface area contributed by atoms with Crippen molar-refractivity contribution in [3.05, 3.63) is 71.3 Å². The maximum Gasteiger partial charge on any atom is 0.251 e. The molecule has 0 spiro atoms. The van der Waals surface area contributed by atoms with Crippen molar-refractivity contribution in [2.45, 2.75) is 30.9 Å². The van der Waals surface area contributed by atoms with E-state index in [1.54, 1.807) is 29.2 Å². The van der Waals surface area contributed by atoms with E-state index in [1.165, 1.54) is 0 Å². The van der Waals surface area contributed by atoms with Crippen LogP contribution in [-0.4, -0.2) is 36.6 Å². The summed E-state index contributed by atoms with van der Waals surface area (Å²) in [6.07, 6.45) is 5.82. The first-order valence-corrected chi connectivity index (χ1v) is 10.2. The Morgan fingerprint density at radius 3 is 2.62 bits per heavy atom. The third-order valence-corrected chi connectivity index (χ3v) is 5.66. The van der Waals surface area contributed by atoms with Crippen LogP contribution < -0.4 is 10.2 Å². The Bertz CT molecular complexity index is 907. The van der Waals surface area contributed by atoms with Crippen molar-refractivity contribution >= 4 is 35.2 Å². The molecule has 0 saturated carbocycles. The zero-order valence-electron chi connectivity index (χ0n) is 16.0. The number of hydrogen-bond acceptors (Lipinski definition) is 3. The van der Waals surface area contributed by atoms with Gasteiger partial charge in [-0.15, -0.1) is 0 Å². The largest absolute Gasteiger partial charge is 0.376 e. The number of carbonyl (C=O) groups excluding carboxylic acids is 2. The highest BCUT2D eigenvalue weighted by Crippen LogP contribution is 2.39. The third kappa shape index (κ3) is 4.07. The second-order valence-electron chi connectivity index (χ2n) is 7.40. The number of nitrogens with zero attached hydrogens (tertiary/aromatic N) is 1. The van der Waals surface area contributed by atoms with Crippen molar-refractivity contribution < 1.29 is 14.3 Å². The standard InChI is InChI=1S/C23H23ClN2O3/c24-18-8-10-19(11-9-18)26-21(27)15-23(26,13-12-17-5-2-1-3-6-17)22(28)25-16-20-7-4-14-29-20/h1-3,5-6,8-13,20H,4,7,14-16H2,(H,25,28)/b13-12+/t20-,23+/m1/s1. The molecule has 2 saturated heterocycles. The zero-order chi connectivity index (χ0) is 20.3. The second-order valence-corrected chi connectivity index (χ2v) is 7.83. The lowest BCUT2D eigenvalue weighted by Crippen LogP contribution is -2.70. The van der Waals surface area contributed by atoms with E-state index in [-0.39, 0.29) is 24.3 Å². The third-order valence-electron chi connectivity index (χ3n) is 5.41. The molecule has 4 rings (SSSR count). The summed E-state index contributed by atoms with van der Waals surface area (Å²) < 4.78 is 5.61. The Morgan fingerprint density at radius 1 is 1.21 bits per heavy atom. The minimum atomic E-state index is -1.07. The fraction of sp³-hybridized carbons (Fsp3) is 0.304. The van der Waals surface area contributed by atoms with Crippen molar-refractivity contribution in [3.63, 3.8) is 0 Å². The summed E-state index contributed by atoms with van der Waals surface area (Å²) in [5.74, 6) is -0.299. The molecule has 5 nitrogen and oxygen atoms in total. The van der Waals surface area contributed by atoms with Gasteiger partial charge in [-0.05, 0) is 48.7 Å². The maximum atomic E-state index is 13.3. The Kier molecular flexibility index (Phi) is 5.69. The predicted molar refractivity (Wildman–Crippen MR) is 114 cm³/mol. The molecule has 2 aliphatic rings. The van der Waals surface area contributed by atoms with Gasteiger partial charge in [0.2, 0.25) is 5.91 Å². The highest BCUT2D eigenvalue weighted by molar-refractivity contribution is 6.30. The molecule has 0 radical (unpaired) electrons. The number of hydrogen-bond donors (Lipinski definition) is 1. The van der Waals surface area contributed by atoms with Gasteiger partial charge in [0.15, 0.2) is 5.54 Å². The first kappa shape index (κ1) is 19.7. The number of ether oxygens (including phenoxy) is 1. The maximum absolute atomic E-state index is 13.3. The molecule has 2 amide bonds. The molecule has 2 aromatic carbocycles. The van der Waals surface area contributed by atoms with Gasteiger partial charge in [0.05, 0.1) is 12.5 Å². The number of nitrogens with one attached hydrogen (secondary N) is 1. The molecule has 0 aromatic heterocycles. The normalized spacial score (nSPS) is 24.0. The van der Waals surface area contributed by atoms with Crippen molar-refractivity contribution in [1.82, 2.24) is 5.32 Å². The summed E-state index contributed by atoms with van der Waals surface area (Å²) in [7, 11) is 0. The highest BCUT2D eigenvalue weighted by Gasteiger charge is 2.55. The summed E-state index contributed by atoms with van der Waals surface area (Å²) in [5, 5.41) is 3.58. The van der Waals surface area contributed by atoms with Crippen molar-refractivity contribution in [1.29, 1.82) is 0 Å². The van der Waals surface area contributed by atoms with Crippen molar-refractivity contribution in [2.24, 2.45) is 0 Å². The number of amides is 2. The molecule has 1 N–H and O–H groups in total. The van der Waals surface area contributed by atoms with Crippen LogP contribution in [0.1, 0.15) is 24.8 Å². The minimum Gasteiger partial charge on any atom is -0.376 e. The Labute approximate surface area is 175 Å². The van der Waals surface area contributed by atoms with Gasteiger partial charge in [0.1, 0.15) is 0 Å². The molecule has 0 bridgehead atoms. The summed E-state index contributed by atoms with van der Waals surface area (Å²) in [4.78, 5) is 27.4. The van der Waals surface area contributed by atoms with Gasteiger partial charge in [-0.1, -0.05) is 48.0 Å². The van der Waals surface area contributed by atoms with E-state index in [0.717, 1.165) is 25.0 Å². The lowest BCUT2D eigenvalue weighted by molar-refractivity contribution is -0.137. The van der Waals surface area contributed by atoms with Gasteiger partial charge >= 0.3 is 0 Å². The van der Waals surface area contributed by atoms with Gasteiger partial charge in [0.25, 0.3) is 5.91 Å². The highest BCUT2D eigenvalue weighted by atomic mass is 35.5. The summed E-state index contributed by atoms with van der Waals surface area (Å²) >= 11 is 6.00. The molecule has 0 aliphatic carbocycles. The van der Waals surface area contributed by atoms with Crippen LogP contribution in [-0.2, 0) is 14.3 Å². The molecule has 150 valence electrons. The molecule has 2 fully saturated rings. The van der Waals surface area contributed by atoms with Crippen molar-refractivity contribution in [3.8, 4) is 0 Å². The number of β-lactam (4-membered cyclic amide) rings is 1. The molecular formula is C23H23ClN2O3. The Morgan fingerprint density at radius 2 is 1.97 bits per heavy atom. The molecule has 2 aliphatic heterocycles. The number of halogens is 1. The number of carbonyl (C=O) groups is 2. The SMILES string of the molecule is O=C1C[C@@](/C=C/c2ccccc2)(C(=O)NC[C@H]2CCCO2)N1c1ccc(Cl)cc1. The van der Waals surface area contributed by atoms with Crippen LogP contribution in [0.15, 0.2) is 60.7 Å². The Hall–Kier alpha value is -2.63. The van der Waals surface area contributed by atoms with Crippen LogP contribution in [0.5, 0.6) is 0 Å². The average molecular weight is 411 g/mol. The lowest BCUT2D eigenvalue weighted by atomic mass is 9.81.